The van der Waals surface area contributed by atoms with Gasteiger partial charge in [0.2, 0.25) is 5.91 Å². The van der Waals surface area contributed by atoms with Gasteiger partial charge in [-0.1, -0.05) is 55.0 Å². The van der Waals surface area contributed by atoms with Crippen LogP contribution >= 0.6 is 11.3 Å². The molecular weight excluding hydrogens is 394 g/mol. The molecule has 0 bridgehead atoms. The van der Waals surface area contributed by atoms with E-state index in [-0.39, 0.29) is 5.56 Å². The van der Waals surface area contributed by atoms with Crippen molar-refractivity contribution in [1.82, 2.24) is 9.55 Å². The number of thiophene rings is 1. The third-order valence-corrected chi connectivity index (χ3v) is 6.26. The van der Waals surface area contributed by atoms with E-state index in [1.54, 1.807) is 6.92 Å². The van der Waals surface area contributed by atoms with E-state index in [2.05, 4.69) is 19.1 Å². The molecule has 6 heteroatoms. The summed E-state index contributed by atoms with van der Waals surface area (Å²) in [5.74, 6) is -0.117. The Labute approximate surface area is 178 Å². The maximum atomic E-state index is 13.7. The van der Waals surface area contributed by atoms with Crippen molar-refractivity contribution in [3.8, 4) is 22.5 Å². The Bertz CT molecular complexity index is 1300. The Morgan fingerprint density at radius 2 is 1.90 bits per heavy atom. The summed E-state index contributed by atoms with van der Waals surface area (Å²) >= 11 is 1.43. The van der Waals surface area contributed by atoms with Crippen LogP contribution in [0, 0.1) is 6.92 Å². The molecule has 4 rings (SSSR count). The van der Waals surface area contributed by atoms with E-state index in [0.29, 0.717) is 16.0 Å². The smallest absolute Gasteiger partial charge is 0.263 e. The first-order valence-electron chi connectivity index (χ1n) is 9.90. The number of hydrogen-bond acceptors (Lipinski definition) is 4. The summed E-state index contributed by atoms with van der Waals surface area (Å²) in [7, 11) is 0. The van der Waals surface area contributed by atoms with Crippen molar-refractivity contribution < 1.29 is 4.79 Å². The van der Waals surface area contributed by atoms with E-state index in [0.717, 1.165) is 28.7 Å². The first kappa shape index (κ1) is 20.0. The minimum Gasteiger partial charge on any atom is -0.368 e. The molecule has 2 aromatic heterocycles. The van der Waals surface area contributed by atoms with Crippen LogP contribution in [-0.4, -0.2) is 15.5 Å². The van der Waals surface area contributed by atoms with Gasteiger partial charge in [0.15, 0.2) is 0 Å². The third kappa shape index (κ3) is 3.44. The van der Waals surface area contributed by atoms with Crippen LogP contribution in [0.1, 0.15) is 31.0 Å². The van der Waals surface area contributed by atoms with Crippen LogP contribution in [0.4, 0.5) is 0 Å². The van der Waals surface area contributed by atoms with Crippen molar-refractivity contribution in [2.45, 2.75) is 33.2 Å². The molecule has 30 heavy (non-hydrogen) atoms. The molecular formula is C24H23N3O2S. The van der Waals surface area contributed by atoms with Gasteiger partial charge in [-0.3, -0.25) is 14.2 Å². The van der Waals surface area contributed by atoms with Crippen molar-refractivity contribution in [3.63, 3.8) is 0 Å². The molecule has 0 radical (unpaired) electrons. The zero-order valence-corrected chi connectivity index (χ0v) is 18.0. The maximum Gasteiger partial charge on any atom is 0.263 e. The Balaban J connectivity index is 2.01. The molecule has 0 saturated heterocycles. The summed E-state index contributed by atoms with van der Waals surface area (Å²) in [6.07, 6.45) is 0.953. The maximum absolute atomic E-state index is 13.7. The number of carbonyl (C=O) groups excluding carboxylic acids is 1. The lowest BCUT2D eigenvalue weighted by Crippen LogP contribution is -2.33. The predicted molar refractivity (Wildman–Crippen MR) is 123 cm³/mol. The van der Waals surface area contributed by atoms with Crippen LogP contribution in [0.25, 0.3) is 32.7 Å². The molecule has 152 valence electrons. The molecule has 0 aliphatic heterocycles. The van der Waals surface area contributed by atoms with E-state index >= 15 is 0 Å². The third-order valence-electron chi connectivity index (χ3n) is 5.39. The van der Waals surface area contributed by atoms with E-state index in [1.165, 1.54) is 21.5 Å². The first-order valence-corrected chi connectivity index (χ1v) is 10.8. The number of carbonyl (C=O) groups is 1. The van der Waals surface area contributed by atoms with Crippen LogP contribution < -0.4 is 11.3 Å². The number of nitrogens with zero attached hydrogens (tertiary/aromatic N) is 2. The Hall–Kier alpha value is -3.25. The lowest BCUT2D eigenvalue weighted by molar-refractivity contribution is -0.120. The van der Waals surface area contributed by atoms with Crippen molar-refractivity contribution >= 4 is 27.5 Å². The normalized spacial score (nSPS) is 12.2. The molecule has 2 heterocycles. The molecule has 0 saturated carbocycles. The van der Waals surface area contributed by atoms with Crippen molar-refractivity contribution in [3.05, 3.63) is 75.4 Å². The lowest BCUT2D eigenvalue weighted by Gasteiger charge is -2.17. The number of primary amides is 1. The van der Waals surface area contributed by atoms with Gasteiger partial charge in [-0.2, -0.15) is 0 Å². The highest BCUT2D eigenvalue weighted by Gasteiger charge is 2.23. The summed E-state index contributed by atoms with van der Waals surface area (Å²) in [5, 5.41) is 2.48. The minimum absolute atomic E-state index is 0.251. The van der Waals surface area contributed by atoms with Gasteiger partial charge >= 0.3 is 0 Å². The second-order valence-electron chi connectivity index (χ2n) is 7.44. The number of benzene rings is 2. The standard InChI is InChI=1S/C24H23N3O2S/c1-4-16-8-10-17(11-9-16)19-13-30-23-20(19)24(29)27(15(3)21(25)28)22(26-23)18-7-5-6-14(2)12-18/h5-13,15H,4H2,1-3H3,(H2,25,28). The van der Waals surface area contributed by atoms with Gasteiger partial charge in [0, 0.05) is 16.5 Å². The Morgan fingerprint density at radius 1 is 1.17 bits per heavy atom. The van der Waals surface area contributed by atoms with Gasteiger partial charge in [0.25, 0.3) is 5.56 Å². The number of amides is 1. The average Bonchev–Trinajstić information content (AvgIpc) is 3.17. The second kappa shape index (κ2) is 7.88. The summed E-state index contributed by atoms with van der Waals surface area (Å²) in [5.41, 5.74) is 10.2. The Morgan fingerprint density at radius 3 is 2.53 bits per heavy atom. The lowest BCUT2D eigenvalue weighted by atomic mass is 10.0. The fourth-order valence-corrected chi connectivity index (χ4v) is 4.55. The highest BCUT2D eigenvalue weighted by molar-refractivity contribution is 7.17. The molecule has 1 atom stereocenters. The first-order chi connectivity index (χ1) is 14.4. The highest BCUT2D eigenvalue weighted by atomic mass is 32.1. The van der Waals surface area contributed by atoms with E-state index in [9.17, 15) is 9.59 Å². The molecule has 5 nitrogen and oxygen atoms in total. The number of aromatic nitrogens is 2. The SMILES string of the molecule is CCc1ccc(-c2csc3nc(-c4cccc(C)c4)n(C(C)C(N)=O)c(=O)c23)cc1. The molecule has 1 amide bonds. The van der Waals surface area contributed by atoms with Crippen LogP contribution in [0.3, 0.4) is 0 Å². The van der Waals surface area contributed by atoms with Crippen LogP contribution in [0.2, 0.25) is 0 Å². The molecule has 1 unspecified atom stereocenters. The van der Waals surface area contributed by atoms with E-state index in [1.807, 2.05) is 48.7 Å². The summed E-state index contributed by atoms with van der Waals surface area (Å²) in [6.45, 7) is 5.72. The molecule has 0 fully saturated rings. The summed E-state index contributed by atoms with van der Waals surface area (Å²) in [4.78, 5) is 31.1. The Kier molecular flexibility index (Phi) is 5.26. The van der Waals surface area contributed by atoms with Crippen LogP contribution in [0.5, 0.6) is 0 Å². The van der Waals surface area contributed by atoms with Gasteiger partial charge < -0.3 is 5.73 Å². The van der Waals surface area contributed by atoms with Gasteiger partial charge in [-0.15, -0.1) is 11.3 Å². The molecule has 0 spiro atoms. The molecule has 0 aliphatic carbocycles. The molecule has 2 aromatic carbocycles. The summed E-state index contributed by atoms with van der Waals surface area (Å²) < 4.78 is 1.43. The zero-order valence-electron chi connectivity index (χ0n) is 17.2. The fraction of sp³-hybridized carbons (Fsp3) is 0.208. The number of fused-ring (bicyclic) bond motifs is 1. The number of hydrogen-bond donors (Lipinski definition) is 1. The van der Waals surface area contributed by atoms with Gasteiger partial charge in [-0.05, 0) is 37.5 Å². The molecule has 2 N–H and O–H groups in total. The topological polar surface area (TPSA) is 78.0 Å². The predicted octanol–water partition coefficient (Wildman–Crippen LogP) is 4.71. The van der Waals surface area contributed by atoms with Crippen molar-refractivity contribution in [2.75, 3.05) is 0 Å². The van der Waals surface area contributed by atoms with Crippen LogP contribution in [-0.2, 0) is 11.2 Å². The van der Waals surface area contributed by atoms with Gasteiger partial charge in [0.05, 0.1) is 5.39 Å². The largest absolute Gasteiger partial charge is 0.368 e. The van der Waals surface area contributed by atoms with Crippen LogP contribution in [0.15, 0.2) is 58.7 Å². The second-order valence-corrected chi connectivity index (χ2v) is 8.30. The highest BCUT2D eigenvalue weighted by Crippen LogP contribution is 2.33. The molecule has 0 aliphatic rings. The van der Waals surface area contributed by atoms with E-state index < -0.39 is 11.9 Å². The van der Waals surface area contributed by atoms with Gasteiger partial charge in [0.1, 0.15) is 16.7 Å². The van der Waals surface area contributed by atoms with Crippen molar-refractivity contribution in [2.24, 2.45) is 5.73 Å². The number of nitrogens with two attached hydrogens (primary N) is 1. The number of rotatable bonds is 5. The zero-order chi connectivity index (χ0) is 21.4. The van der Waals surface area contributed by atoms with Gasteiger partial charge in [-0.25, -0.2) is 4.98 Å². The average molecular weight is 418 g/mol. The van der Waals surface area contributed by atoms with Crippen molar-refractivity contribution in [1.29, 1.82) is 0 Å². The quantitative estimate of drug-likeness (QED) is 0.511. The number of aryl methyl sites for hydroxylation is 2. The summed E-state index contributed by atoms with van der Waals surface area (Å²) in [6, 6.07) is 15.1. The molecule has 4 aromatic rings. The fourth-order valence-electron chi connectivity index (χ4n) is 3.61. The minimum atomic E-state index is -0.819. The monoisotopic (exact) mass is 417 g/mol. The van der Waals surface area contributed by atoms with E-state index in [4.69, 9.17) is 10.7 Å².